The van der Waals surface area contributed by atoms with Gasteiger partial charge in [-0.25, -0.2) is 9.97 Å². The Hall–Kier alpha value is -3.61. The number of nitrogens with two attached hydrogens (primary N) is 1. The summed E-state index contributed by atoms with van der Waals surface area (Å²) in [6.07, 6.45) is 1.54. The van der Waals surface area contributed by atoms with Crippen LogP contribution in [0.2, 0.25) is 0 Å². The van der Waals surface area contributed by atoms with Gasteiger partial charge in [-0.05, 0) is 55.3 Å². The van der Waals surface area contributed by atoms with Gasteiger partial charge in [-0.2, -0.15) is 0 Å². The standard InChI is InChI=1S/C20H19N5O2/c1-11-12(2)23-15-6-5-13(8-14(11)15)10-22-19(26)17-9-16(24-20(21)25-17)18-4-3-7-27-18/h3-9,23H,10H2,1-2H3,(H,22,26)(H2,21,24,25). The molecule has 0 unspecified atom stereocenters. The molecular formula is C20H19N5O2. The Morgan fingerprint density at radius 3 is 2.85 bits per heavy atom. The number of rotatable bonds is 4. The number of amides is 1. The molecule has 4 rings (SSSR count). The first kappa shape index (κ1) is 16.8. The molecular weight excluding hydrogens is 342 g/mol. The van der Waals surface area contributed by atoms with Gasteiger partial charge in [0, 0.05) is 23.1 Å². The molecule has 4 aromatic rings. The number of benzene rings is 1. The molecule has 1 amide bonds. The number of carbonyl (C=O) groups excluding carboxylic acids is 1. The summed E-state index contributed by atoms with van der Waals surface area (Å²) in [4.78, 5) is 24.0. The lowest BCUT2D eigenvalue weighted by atomic mass is 10.1. The predicted octanol–water partition coefficient (Wildman–Crippen LogP) is 3.35. The van der Waals surface area contributed by atoms with Crippen molar-refractivity contribution in [3.8, 4) is 11.5 Å². The van der Waals surface area contributed by atoms with E-state index in [2.05, 4.69) is 33.3 Å². The fourth-order valence-electron chi connectivity index (χ4n) is 3.02. The quantitative estimate of drug-likeness (QED) is 0.516. The first-order chi connectivity index (χ1) is 13.0. The largest absolute Gasteiger partial charge is 0.463 e. The number of anilines is 1. The summed E-state index contributed by atoms with van der Waals surface area (Å²) in [5.74, 6) is 0.231. The van der Waals surface area contributed by atoms with Crippen molar-refractivity contribution in [2.45, 2.75) is 20.4 Å². The van der Waals surface area contributed by atoms with Gasteiger partial charge in [-0.3, -0.25) is 4.79 Å². The van der Waals surface area contributed by atoms with Crippen LogP contribution in [0.1, 0.15) is 27.3 Å². The molecule has 0 atom stereocenters. The number of furan rings is 1. The molecule has 27 heavy (non-hydrogen) atoms. The van der Waals surface area contributed by atoms with Crippen LogP contribution in [-0.2, 0) is 6.54 Å². The van der Waals surface area contributed by atoms with Crippen molar-refractivity contribution in [2.75, 3.05) is 5.73 Å². The van der Waals surface area contributed by atoms with E-state index in [1.54, 1.807) is 18.2 Å². The molecule has 3 aromatic heterocycles. The van der Waals surface area contributed by atoms with Gasteiger partial charge in [0.2, 0.25) is 5.95 Å². The first-order valence-electron chi connectivity index (χ1n) is 8.55. The first-order valence-corrected chi connectivity index (χ1v) is 8.55. The third kappa shape index (κ3) is 3.27. The highest BCUT2D eigenvalue weighted by Gasteiger charge is 2.13. The lowest BCUT2D eigenvalue weighted by Crippen LogP contribution is -2.24. The molecule has 1 aromatic carbocycles. The van der Waals surface area contributed by atoms with Crippen LogP contribution in [0.3, 0.4) is 0 Å². The van der Waals surface area contributed by atoms with Crippen LogP contribution in [0.15, 0.2) is 47.1 Å². The molecule has 4 N–H and O–H groups in total. The van der Waals surface area contributed by atoms with Crippen molar-refractivity contribution in [2.24, 2.45) is 0 Å². The van der Waals surface area contributed by atoms with Crippen LogP contribution in [0, 0.1) is 13.8 Å². The molecule has 0 aliphatic carbocycles. The summed E-state index contributed by atoms with van der Waals surface area (Å²) in [7, 11) is 0. The number of aryl methyl sites for hydroxylation is 2. The molecule has 7 nitrogen and oxygen atoms in total. The van der Waals surface area contributed by atoms with Crippen LogP contribution in [0.5, 0.6) is 0 Å². The van der Waals surface area contributed by atoms with Gasteiger partial charge >= 0.3 is 0 Å². The zero-order valence-corrected chi connectivity index (χ0v) is 15.0. The number of carbonyl (C=O) groups is 1. The number of nitrogens with zero attached hydrogens (tertiary/aromatic N) is 2. The van der Waals surface area contributed by atoms with E-state index in [1.165, 1.54) is 11.8 Å². The van der Waals surface area contributed by atoms with Gasteiger partial charge in [0.25, 0.3) is 5.91 Å². The minimum absolute atomic E-state index is 0.0221. The van der Waals surface area contributed by atoms with E-state index in [4.69, 9.17) is 10.2 Å². The summed E-state index contributed by atoms with van der Waals surface area (Å²) < 4.78 is 5.31. The number of fused-ring (bicyclic) bond motifs is 1. The summed E-state index contributed by atoms with van der Waals surface area (Å²) in [5, 5.41) is 4.04. The number of nitrogens with one attached hydrogen (secondary N) is 2. The lowest BCUT2D eigenvalue weighted by Gasteiger charge is -2.07. The summed E-state index contributed by atoms with van der Waals surface area (Å²) in [6.45, 7) is 4.52. The average Bonchev–Trinajstić information content (AvgIpc) is 3.29. The normalized spacial score (nSPS) is 11.0. The van der Waals surface area contributed by atoms with Crippen molar-refractivity contribution >= 4 is 22.8 Å². The number of H-pyrrole nitrogens is 1. The van der Waals surface area contributed by atoms with E-state index < -0.39 is 0 Å². The third-order valence-electron chi connectivity index (χ3n) is 4.58. The zero-order valence-electron chi connectivity index (χ0n) is 15.0. The second kappa shape index (κ2) is 6.60. The van der Waals surface area contributed by atoms with Gasteiger partial charge in [-0.1, -0.05) is 6.07 Å². The minimum Gasteiger partial charge on any atom is -0.463 e. The minimum atomic E-state index is -0.320. The van der Waals surface area contributed by atoms with Gasteiger partial charge in [0.15, 0.2) is 5.76 Å². The summed E-state index contributed by atoms with van der Waals surface area (Å²) in [6, 6.07) is 11.1. The van der Waals surface area contributed by atoms with E-state index >= 15 is 0 Å². The SMILES string of the molecule is Cc1[nH]c2ccc(CNC(=O)c3cc(-c4ccco4)nc(N)n3)cc2c1C. The fraction of sp³-hybridized carbons (Fsp3) is 0.150. The molecule has 136 valence electrons. The third-order valence-corrected chi connectivity index (χ3v) is 4.58. The van der Waals surface area contributed by atoms with Crippen LogP contribution in [0.4, 0.5) is 5.95 Å². The molecule has 7 heteroatoms. The Kier molecular flexibility index (Phi) is 4.12. The van der Waals surface area contributed by atoms with E-state index in [1.807, 2.05) is 19.1 Å². The second-order valence-corrected chi connectivity index (χ2v) is 6.41. The molecule has 3 heterocycles. The molecule has 0 fully saturated rings. The Morgan fingerprint density at radius 2 is 2.07 bits per heavy atom. The summed E-state index contributed by atoms with van der Waals surface area (Å²) in [5.41, 5.74) is 10.9. The fourth-order valence-corrected chi connectivity index (χ4v) is 3.02. The Bertz CT molecular complexity index is 1130. The van der Waals surface area contributed by atoms with Crippen molar-refractivity contribution in [3.05, 3.63) is 65.2 Å². The number of aromatic nitrogens is 3. The highest BCUT2D eigenvalue weighted by Crippen LogP contribution is 2.22. The maximum Gasteiger partial charge on any atom is 0.270 e. The van der Waals surface area contributed by atoms with Crippen molar-refractivity contribution in [3.63, 3.8) is 0 Å². The number of aromatic amines is 1. The Labute approximate surface area is 155 Å². The molecule has 0 radical (unpaired) electrons. The highest BCUT2D eigenvalue weighted by atomic mass is 16.3. The zero-order chi connectivity index (χ0) is 19.0. The van der Waals surface area contributed by atoms with Gasteiger partial charge < -0.3 is 20.5 Å². The number of hydrogen-bond donors (Lipinski definition) is 3. The van der Waals surface area contributed by atoms with E-state index in [0.717, 1.165) is 22.2 Å². The van der Waals surface area contributed by atoms with Crippen molar-refractivity contribution < 1.29 is 9.21 Å². The molecule has 0 aliphatic heterocycles. The lowest BCUT2D eigenvalue weighted by molar-refractivity contribution is 0.0946. The van der Waals surface area contributed by atoms with Crippen LogP contribution >= 0.6 is 0 Å². The Balaban J connectivity index is 1.54. The van der Waals surface area contributed by atoms with Crippen LogP contribution in [0.25, 0.3) is 22.4 Å². The van der Waals surface area contributed by atoms with Crippen LogP contribution < -0.4 is 11.1 Å². The topological polar surface area (TPSA) is 110 Å². The smallest absolute Gasteiger partial charge is 0.270 e. The van der Waals surface area contributed by atoms with E-state index in [9.17, 15) is 4.79 Å². The molecule has 0 aliphatic rings. The molecule has 0 saturated heterocycles. The predicted molar refractivity (Wildman–Crippen MR) is 103 cm³/mol. The maximum absolute atomic E-state index is 12.5. The van der Waals surface area contributed by atoms with Crippen LogP contribution in [-0.4, -0.2) is 20.9 Å². The second-order valence-electron chi connectivity index (χ2n) is 6.41. The average molecular weight is 361 g/mol. The number of hydrogen-bond acceptors (Lipinski definition) is 5. The van der Waals surface area contributed by atoms with Gasteiger partial charge in [0.05, 0.1) is 6.26 Å². The molecule has 0 spiro atoms. The number of nitrogen functional groups attached to an aromatic ring is 1. The maximum atomic E-state index is 12.5. The summed E-state index contributed by atoms with van der Waals surface area (Å²) >= 11 is 0. The monoisotopic (exact) mass is 361 g/mol. The van der Waals surface area contributed by atoms with Gasteiger partial charge in [-0.15, -0.1) is 0 Å². The van der Waals surface area contributed by atoms with Crippen molar-refractivity contribution in [1.82, 2.24) is 20.3 Å². The van der Waals surface area contributed by atoms with Gasteiger partial charge in [0.1, 0.15) is 11.4 Å². The molecule has 0 saturated carbocycles. The van der Waals surface area contributed by atoms with E-state index in [0.29, 0.717) is 18.0 Å². The molecule has 0 bridgehead atoms. The Morgan fingerprint density at radius 1 is 1.22 bits per heavy atom. The van der Waals surface area contributed by atoms with E-state index in [-0.39, 0.29) is 17.5 Å². The highest BCUT2D eigenvalue weighted by molar-refractivity contribution is 5.93. The van der Waals surface area contributed by atoms with Crippen molar-refractivity contribution in [1.29, 1.82) is 0 Å².